The minimum absolute atomic E-state index is 0. The van der Waals surface area contributed by atoms with E-state index in [4.69, 9.17) is 4.21 Å². The van der Waals surface area contributed by atoms with Crippen molar-refractivity contribution in [3.63, 3.8) is 0 Å². The summed E-state index contributed by atoms with van der Waals surface area (Å²) in [6.07, 6.45) is 9.06. The topological polar surface area (TPSA) is 0 Å². The first-order valence-electron chi connectivity index (χ1n) is 13.9. The molecule has 0 saturated heterocycles. The SMILES string of the molecule is Cl.Cl.[CH2]=[Zr]([C]1=CC=CC1)([c]1cccc2c1Cc1ccccc1-2)([C](C)(C)c1ccccc1)[C](C)(C)c1ccccc1. The molecule has 0 aromatic heterocycles. The summed E-state index contributed by atoms with van der Waals surface area (Å²) in [4.78, 5) is 0. The summed E-state index contributed by atoms with van der Waals surface area (Å²) in [6, 6.07) is 38.6. The molecule has 0 unspecified atom stereocenters. The van der Waals surface area contributed by atoms with Crippen molar-refractivity contribution in [2.24, 2.45) is 0 Å². The molecular weight excluding hydrogens is 607 g/mol. The molecule has 0 heterocycles. The van der Waals surface area contributed by atoms with Crippen molar-refractivity contribution in [1.82, 2.24) is 0 Å². The Bertz CT molecular complexity index is 1600. The van der Waals surface area contributed by atoms with Gasteiger partial charge in [-0.3, -0.25) is 0 Å². The summed E-state index contributed by atoms with van der Waals surface area (Å²) < 4.78 is 8.60. The van der Waals surface area contributed by atoms with Gasteiger partial charge in [0.25, 0.3) is 0 Å². The summed E-state index contributed by atoms with van der Waals surface area (Å²) in [5.41, 5.74) is 8.53. The van der Waals surface area contributed by atoms with E-state index in [0.29, 0.717) is 0 Å². The van der Waals surface area contributed by atoms with Crippen molar-refractivity contribution < 1.29 is 18.3 Å². The monoisotopic (exact) mass is 644 g/mol. The molecule has 6 rings (SSSR count). The van der Waals surface area contributed by atoms with Crippen LogP contribution >= 0.6 is 24.8 Å². The third-order valence-electron chi connectivity index (χ3n) is 10.7. The van der Waals surface area contributed by atoms with E-state index in [0.717, 1.165) is 12.8 Å². The average molecular weight is 647 g/mol. The van der Waals surface area contributed by atoms with E-state index in [9.17, 15) is 0 Å². The van der Waals surface area contributed by atoms with Gasteiger partial charge in [0.05, 0.1) is 0 Å². The van der Waals surface area contributed by atoms with Crippen LogP contribution in [0.15, 0.2) is 125 Å². The molecule has 4 aromatic rings. The molecular formula is C37H40Cl2Zr. The van der Waals surface area contributed by atoms with E-state index in [1.807, 2.05) is 0 Å². The van der Waals surface area contributed by atoms with E-state index in [1.165, 1.54) is 33.4 Å². The third kappa shape index (κ3) is 3.85. The average Bonchev–Trinajstić information content (AvgIpc) is 3.62. The molecule has 3 heteroatoms. The fraction of sp³-hybridized carbons (Fsp3) is 0.216. The third-order valence-corrected chi connectivity index (χ3v) is 34.1. The molecule has 206 valence electrons. The summed E-state index contributed by atoms with van der Waals surface area (Å²) >= 11 is -4.75. The molecule has 0 N–H and O–H groups in total. The first-order chi connectivity index (χ1) is 18.2. The summed E-state index contributed by atoms with van der Waals surface area (Å²) in [5.74, 6) is 0. The second kappa shape index (κ2) is 10.8. The van der Waals surface area contributed by atoms with Crippen molar-refractivity contribution in [2.75, 3.05) is 0 Å². The first-order valence-corrected chi connectivity index (χ1v) is 20.6. The maximum absolute atomic E-state index is 5.79. The molecule has 0 aliphatic heterocycles. The van der Waals surface area contributed by atoms with Crippen LogP contribution in [0.5, 0.6) is 0 Å². The summed E-state index contributed by atoms with van der Waals surface area (Å²) in [6.45, 7) is 10.1. The van der Waals surface area contributed by atoms with E-state index in [2.05, 4.69) is 149 Å². The fourth-order valence-corrected chi connectivity index (χ4v) is 30.1. The zero-order chi connectivity index (χ0) is 26.6. The molecule has 40 heavy (non-hydrogen) atoms. The molecule has 0 spiro atoms. The Kier molecular flexibility index (Phi) is 8.30. The van der Waals surface area contributed by atoms with Crippen molar-refractivity contribution in [3.05, 3.63) is 147 Å². The molecule has 0 amide bonds. The molecule has 0 bridgehead atoms. The zero-order valence-corrected chi connectivity index (χ0v) is 28.1. The number of fused-ring (bicyclic) bond motifs is 3. The van der Waals surface area contributed by atoms with E-state index in [-0.39, 0.29) is 31.1 Å². The summed E-state index contributed by atoms with van der Waals surface area (Å²) in [5, 5.41) is 0. The minimum atomic E-state index is -4.75. The molecule has 0 fully saturated rings. The Morgan fingerprint density at radius 2 is 1.15 bits per heavy atom. The molecule has 2 aliphatic rings. The van der Waals surface area contributed by atoms with Gasteiger partial charge in [0.15, 0.2) is 0 Å². The standard InChI is InChI=1S/C13H9.2C9H11.C5H5.CH2.2ClH.Zr/c1-3-7-12-10(5-1)9-11-6-2-4-8-13(11)12;2*1-8(2)9-6-4-3-5-7-9;1-2-4-5-3-1;;;;/h1-5,7-8H,9H2;2*3-7H,1-2H3;1-3H,4H2;1H2;2*1H;. The van der Waals surface area contributed by atoms with Crippen molar-refractivity contribution >= 4 is 32.3 Å². The maximum atomic E-state index is 5.79. The van der Waals surface area contributed by atoms with Crippen molar-refractivity contribution in [1.29, 1.82) is 0 Å². The van der Waals surface area contributed by atoms with Crippen molar-refractivity contribution in [2.45, 2.75) is 46.8 Å². The van der Waals surface area contributed by atoms with Gasteiger partial charge in [-0.25, -0.2) is 0 Å². The van der Waals surface area contributed by atoms with Crippen LogP contribution in [0.1, 0.15) is 56.4 Å². The van der Waals surface area contributed by atoms with Crippen LogP contribution in [0.25, 0.3) is 11.1 Å². The Balaban J connectivity index is 0.00000185. The van der Waals surface area contributed by atoms with E-state index in [1.54, 1.807) is 6.55 Å². The zero-order valence-electron chi connectivity index (χ0n) is 24.0. The van der Waals surface area contributed by atoms with Gasteiger partial charge in [-0.1, -0.05) is 0 Å². The van der Waals surface area contributed by atoms with E-state index < -0.39 is 18.3 Å². The van der Waals surface area contributed by atoms with Gasteiger partial charge in [0.2, 0.25) is 0 Å². The van der Waals surface area contributed by atoms with Gasteiger partial charge in [0, 0.05) is 0 Å². The van der Waals surface area contributed by atoms with Gasteiger partial charge in [-0.05, 0) is 0 Å². The first kappa shape index (κ1) is 30.6. The van der Waals surface area contributed by atoms with Gasteiger partial charge < -0.3 is 0 Å². The van der Waals surface area contributed by atoms with Crippen molar-refractivity contribution in [3.8, 4) is 11.1 Å². The van der Waals surface area contributed by atoms with Gasteiger partial charge in [-0.15, -0.1) is 24.8 Å². The number of halogens is 2. The molecule has 0 radical (unpaired) electrons. The number of hydrogen-bond acceptors (Lipinski definition) is 0. The Morgan fingerprint density at radius 1 is 0.625 bits per heavy atom. The molecule has 2 aliphatic carbocycles. The Morgan fingerprint density at radius 3 is 1.70 bits per heavy atom. The van der Waals surface area contributed by atoms with Gasteiger partial charge >= 0.3 is 231 Å². The van der Waals surface area contributed by atoms with Crippen LogP contribution in [0.2, 0.25) is 0 Å². The molecule has 0 atom stereocenters. The van der Waals surface area contributed by atoms with Gasteiger partial charge in [0.1, 0.15) is 0 Å². The number of benzene rings is 4. The number of allylic oxidation sites excluding steroid dienone is 4. The number of rotatable bonds is 6. The van der Waals surface area contributed by atoms with Crippen LogP contribution in [0, 0.1) is 0 Å². The molecule has 0 saturated carbocycles. The fourth-order valence-electron chi connectivity index (χ4n) is 8.31. The second-order valence-electron chi connectivity index (χ2n) is 12.4. The normalized spacial score (nSPS) is 14.5. The predicted molar refractivity (Wildman–Crippen MR) is 177 cm³/mol. The Hall–Kier alpha value is -2.31. The van der Waals surface area contributed by atoms with Crippen LogP contribution < -0.4 is 3.27 Å². The second-order valence-corrected chi connectivity index (χ2v) is 28.6. The van der Waals surface area contributed by atoms with E-state index >= 15 is 0 Å². The number of hydrogen-bond donors (Lipinski definition) is 0. The predicted octanol–water partition coefficient (Wildman–Crippen LogP) is 9.56. The Labute approximate surface area is 253 Å². The van der Waals surface area contributed by atoms with Gasteiger partial charge in [-0.2, -0.15) is 0 Å². The van der Waals surface area contributed by atoms with Crippen LogP contribution in [0.4, 0.5) is 0 Å². The van der Waals surface area contributed by atoms with Crippen LogP contribution in [0.3, 0.4) is 0 Å². The quantitative estimate of drug-likeness (QED) is 0.172. The summed E-state index contributed by atoms with van der Waals surface area (Å²) in [7, 11) is 0. The van der Waals surface area contributed by atoms with Crippen LogP contribution in [-0.2, 0) is 31.0 Å². The van der Waals surface area contributed by atoms with Crippen LogP contribution in [-0.4, -0.2) is 4.21 Å². The molecule has 0 nitrogen and oxygen atoms in total. The molecule has 4 aromatic carbocycles.